The fourth-order valence-electron chi connectivity index (χ4n) is 2.36. The van der Waals surface area contributed by atoms with Gasteiger partial charge >= 0.3 is 0 Å². The summed E-state index contributed by atoms with van der Waals surface area (Å²) in [5.41, 5.74) is 0.0969. The maximum Gasteiger partial charge on any atom is 0.191 e. The molecule has 2 rings (SSSR count). The first-order chi connectivity index (χ1) is 12.1. The first-order valence-corrected chi connectivity index (χ1v) is 9.44. The van der Waals surface area contributed by atoms with Crippen LogP contribution in [0.4, 0.5) is 0 Å². The van der Waals surface area contributed by atoms with Crippen LogP contribution in [0.3, 0.4) is 0 Å². The summed E-state index contributed by atoms with van der Waals surface area (Å²) >= 11 is 1.55. The molecule has 2 aromatic rings. The van der Waals surface area contributed by atoms with Crippen LogP contribution in [-0.4, -0.2) is 30.8 Å². The Balaban J connectivity index is 0.00000338. The smallest absolute Gasteiger partial charge is 0.191 e. The summed E-state index contributed by atoms with van der Waals surface area (Å²) in [6.45, 7) is 8.06. The molecule has 0 aliphatic heterocycles. The van der Waals surface area contributed by atoms with Crippen LogP contribution >= 0.6 is 35.3 Å². The number of aliphatic imine (C=N–C) groups is 1. The fraction of sp³-hybridized carbons (Fsp3) is 0.421. The lowest BCUT2D eigenvalue weighted by molar-refractivity contribution is 0.0655. The molecule has 5 nitrogen and oxygen atoms in total. The minimum absolute atomic E-state index is 0. The Bertz CT molecular complexity index is 675. The third-order valence-corrected chi connectivity index (χ3v) is 4.80. The number of rotatable bonds is 8. The molecule has 7 heteroatoms. The fourth-order valence-corrected chi connectivity index (χ4v) is 3.15. The summed E-state index contributed by atoms with van der Waals surface area (Å²) in [7, 11) is 0. The van der Waals surface area contributed by atoms with E-state index in [4.69, 9.17) is 4.74 Å². The van der Waals surface area contributed by atoms with Crippen LogP contribution in [0.1, 0.15) is 31.2 Å². The van der Waals surface area contributed by atoms with Gasteiger partial charge < -0.3 is 20.5 Å². The highest BCUT2D eigenvalue weighted by Gasteiger charge is 2.24. The first kappa shape index (κ1) is 22.7. The Hall–Kier alpha value is -1.32. The zero-order valence-corrected chi connectivity index (χ0v) is 18.6. The molecule has 144 valence electrons. The van der Waals surface area contributed by atoms with E-state index in [1.165, 1.54) is 0 Å². The van der Waals surface area contributed by atoms with Crippen molar-refractivity contribution in [1.82, 2.24) is 10.6 Å². The highest BCUT2D eigenvalue weighted by atomic mass is 127. The largest absolute Gasteiger partial charge is 0.494 e. The highest BCUT2D eigenvalue weighted by Crippen LogP contribution is 2.24. The normalized spacial score (nSPS) is 13.5. The van der Waals surface area contributed by atoms with Crippen LogP contribution in [0, 0.1) is 0 Å². The van der Waals surface area contributed by atoms with E-state index in [9.17, 15) is 5.11 Å². The second-order valence-electron chi connectivity index (χ2n) is 5.84. The molecule has 3 N–H and O–H groups in total. The van der Waals surface area contributed by atoms with E-state index in [0.29, 0.717) is 25.7 Å². The summed E-state index contributed by atoms with van der Waals surface area (Å²) in [5.74, 6) is 1.53. The minimum Gasteiger partial charge on any atom is -0.494 e. The van der Waals surface area contributed by atoms with Gasteiger partial charge in [0.05, 0.1) is 19.7 Å². The minimum atomic E-state index is -0.937. The molecule has 0 bridgehead atoms. The number of ether oxygens (including phenoxy) is 1. The second kappa shape index (κ2) is 11.4. The van der Waals surface area contributed by atoms with Crippen molar-refractivity contribution in [3.05, 3.63) is 52.2 Å². The van der Waals surface area contributed by atoms with E-state index in [1.54, 1.807) is 18.3 Å². The standard InChI is InChI=1S/C19H27N3O2S.HI/c1-4-20-18(22-14-19(3,23)17-11-8-12-25-17)21-13-15-9-6-7-10-16(15)24-5-2;/h6-12,23H,4-5,13-14H2,1-3H3,(H2,20,21,22);1H. The number of guanidine groups is 1. The van der Waals surface area contributed by atoms with Gasteiger partial charge in [-0.25, -0.2) is 4.99 Å². The quantitative estimate of drug-likeness (QED) is 0.301. The monoisotopic (exact) mass is 489 g/mol. The van der Waals surface area contributed by atoms with Crippen molar-refractivity contribution >= 4 is 41.3 Å². The first-order valence-electron chi connectivity index (χ1n) is 8.56. The van der Waals surface area contributed by atoms with Gasteiger partial charge in [0, 0.05) is 17.0 Å². The summed E-state index contributed by atoms with van der Waals surface area (Å²) in [6.07, 6.45) is 0. The van der Waals surface area contributed by atoms with Gasteiger partial charge in [0.25, 0.3) is 0 Å². The van der Waals surface area contributed by atoms with Gasteiger partial charge in [-0.3, -0.25) is 0 Å². The molecular formula is C19H28IN3O2S. The lowest BCUT2D eigenvalue weighted by Crippen LogP contribution is -2.44. The average molecular weight is 489 g/mol. The topological polar surface area (TPSA) is 65.9 Å². The van der Waals surface area contributed by atoms with Crippen molar-refractivity contribution in [2.24, 2.45) is 4.99 Å². The summed E-state index contributed by atoms with van der Waals surface area (Å²) in [6, 6.07) is 11.8. The third kappa shape index (κ3) is 6.77. The van der Waals surface area contributed by atoms with Crippen molar-refractivity contribution in [3.8, 4) is 5.75 Å². The van der Waals surface area contributed by atoms with E-state index in [0.717, 1.165) is 22.7 Å². The highest BCUT2D eigenvalue weighted by molar-refractivity contribution is 14.0. The van der Waals surface area contributed by atoms with E-state index in [-0.39, 0.29) is 24.0 Å². The second-order valence-corrected chi connectivity index (χ2v) is 6.79. The Labute approximate surface area is 176 Å². The number of para-hydroxylation sites is 1. The molecule has 1 unspecified atom stereocenters. The van der Waals surface area contributed by atoms with Crippen LogP contribution < -0.4 is 15.4 Å². The molecule has 0 aliphatic rings. The summed E-state index contributed by atoms with van der Waals surface area (Å²) < 4.78 is 5.64. The molecule has 26 heavy (non-hydrogen) atoms. The maximum absolute atomic E-state index is 10.6. The average Bonchev–Trinajstić information content (AvgIpc) is 3.14. The maximum atomic E-state index is 10.6. The molecular weight excluding hydrogens is 461 g/mol. The van der Waals surface area contributed by atoms with Gasteiger partial charge in [-0.15, -0.1) is 35.3 Å². The van der Waals surface area contributed by atoms with Crippen LogP contribution in [0.2, 0.25) is 0 Å². The van der Waals surface area contributed by atoms with Gasteiger partial charge in [0.2, 0.25) is 0 Å². The van der Waals surface area contributed by atoms with Crippen molar-refractivity contribution in [3.63, 3.8) is 0 Å². The lowest BCUT2D eigenvalue weighted by atomic mass is 10.1. The molecule has 0 saturated carbocycles. The Morgan fingerprint density at radius 3 is 2.62 bits per heavy atom. The summed E-state index contributed by atoms with van der Waals surface area (Å²) in [5, 5.41) is 19.0. The number of nitrogens with one attached hydrogen (secondary N) is 2. The van der Waals surface area contributed by atoms with Crippen molar-refractivity contribution < 1.29 is 9.84 Å². The molecule has 0 radical (unpaired) electrons. The van der Waals surface area contributed by atoms with Crippen molar-refractivity contribution in [1.29, 1.82) is 0 Å². The van der Waals surface area contributed by atoms with Crippen LogP contribution in [0.5, 0.6) is 5.75 Å². The van der Waals surface area contributed by atoms with Crippen molar-refractivity contribution in [2.45, 2.75) is 32.9 Å². The van der Waals surface area contributed by atoms with Gasteiger partial charge in [-0.1, -0.05) is 24.3 Å². The molecule has 1 aromatic heterocycles. The molecule has 0 aliphatic carbocycles. The molecule has 1 heterocycles. The van der Waals surface area contributed by atoms with Gasteiger partial charge in [-0.05, 0) is 38.3 Å². The van der Waals surface area contributed by atoms with Gasteiger partial charge in [0.15, 0.2) is 5.96 Å². The zero-order chi connectivity index (χ0) is 18.1. The van der Waals surface area contributed by atoms with Gasteiger partial charge in [0.1, 0.15) is 11.4 Å². The van der Waals surface area contributed by atoms with Crippen LogP contribution in [-0.2, 0) is 12.1 Å². The number of aliphatic hydroxyl groups is 1. The van der Waals surface area contributed by atoms with Crippen LogP contribution in [0.15, 0.2) is 46.8 Å². The number of thiophene rings is 1. The predicted octanol–water partition coefficient (Wildman–Crippen LogP) is 3.73. The Kier molecular flexibility index (Phi) is 9.97. The Morgan fingerprint density at radius 2 is 1.96 bits per heavy atom. The number of hydrogen-bond donors (Lipinski definition) is 3. The number of nitrogens with zero attached hydrogens (tertiary/aromatic N) is 1. The molecule has 1 aromatic carbocycles. The molecule has 0 fully saturated rings. The third-order valence-electron chi connectivity index (χ3n) is 3.68. The van der Waals surface area contributed by atoms with Gasteiger partial charge in [-0.2, -0.15) is 0 Å². The molecule has 0 spiro atoms. The number of halogens is 1. The molecule has 1 atom stereocenters. The van der Waals surface area contributed by atoms with Crippen LogP contribution in [0.25, 0.3) is 0 Å². The predicted molar refractivity (Wildman–Crippen MR) is 120 cm³/mol. The van der Waals surface area contributed by atoms with E-state index in [2.05, 4.69) is 15.6 Å². The lowest BCUT2D eigenvalue weighted by Gasteiger charge is -2.23. The van der Waals surface area contributed by atoms with E-state index in [1.807, 2.05) is 55.6 Å². The SMILES string of the molecule is CCNC(=NCc1ccccc1OCC)NCC(C)(O)c1cccs1.I. The zero-order valence-electron chi connectivity index (χ0n) is 15.5. The number of benzene rings is 1. The number of hydrogen-bond acceptors (Lipinski definition) is 4. The van der Waals surface area contributed by atoms with E-state index < -0.39 is 5.60 Å². The summed E-state index contributed by atoms with van der Waals surface area (Å²) in [4.78, 5) is 5.55. The van der Waals surface area contributed by atoms with Crippen molar-refractivity contribution in [2.75, 3.05) is 19.7 Å². The molecule has 0 saturated heterocycles. The molecule has 0 amide bonds. The van der Waals surface area contributed by atoms with E-state index >= 15 is 0 Å². The Morgan fingerprint density at radius 1 is 1.19 bits per heavy atom.